The van der Waals surface area contributed by atoms with Crippen molar-refractivity contribution in [2.24, 2.45) is 0 Å². The van der Waals surface area contributed by atoms with Crippen molar-refractivity contribution < 1.29 is 43.0 Å². The number of anilines is 1. The van der Waals surface area contributed by atoms with Gasteiger partial charge in [-0.2, -0.15) is 0 Å². The van der Waals surface area contributed by atoms with E-state index >= 15 is 0 Å². The molecule has 2 aromatic rings. The summed E-state index contributed by atoms with van der Waals surface area (Å²) in [6.07, 6.45) is 4.86. The second kappa shape index (κ2) is 18.0. The van der Waals surface area contributed by atoms with E-state index in [2.05, 4.69) is 4.74 Å². The van der Waals surface area contributed by atoms with Crippen LogP contribution < -0.4 is 14.4 Å². The van der Waals surface area contributed by atoms with Gasteiger partial charge in [-0.25, -0.2) is 4.79 Å². The number of ketones is 1. The van der Waals surface area contributed by atoms with Crippen molar-refractivity contribution in [2.45, 2.75) is 97.4 Å². The first-order valence-electron chi connectivity index (χ1n) is 16.4. The molecule has 1 fully saturated rings. The van der Waals surface area contributed by atoms with Crippen LogP contribution in [0.15, 0.2) is 30.3 Å². The summed E-state index contributed by atoms with van der Waals surface area (Å²) in [7, 11) is 2.82. The number of hydrogen-bond acceptors (Lipinski definition) is 10. The number of esters is 1. The number of amides is 2. The van der Waals surface area contributed by atoms with Gasteiger partial charge in [0, 0.05) is 44.5 Å². The van der Waals surface area contributed by atoms with Gasteiger partial charge < -0.3 is 28.7 Å². The van der Waals surface area contributed by atoms with Gasteiger partial charge in [0.05, 0.1) is 33.9 Å². The number of fused-ring (bicyclic) bond motifs is 1. The Hall–Kier alpha value is -4.23. The Kier molecular flexibility index (Phi) is 14.4. The predicted octanol–water partition coefficient (Wildman–Crippen LogP) is 6.41. The van der Waals surface area contributed by atoms with Crippen LogP contribution in [0.3, 0.4) is 0 Å². The molecule has 2 amide bonds. The van der Waals surface area contributed by atoms with Crippen molar-refractivity contribution in [1.82, 2.24) is 4.90 Å². The third-order valence-corrected chi connectivity index (χ3v) is 8.74. The Balaban J connectivity index is 0.000000295. The Bertz CT molecular complexity index is 1530. The zero-order chi connectivity index (χ0) is 36.4. The van der Waals surface area contributed by atoms with Crippen LogP contribution in [0.2, 0.25) is 5.02 Å². The lowest BCUT2D eigenvalue weighted by Crippen LogP contribution is -2.47. The first-order valence-corrected chi connectivity index (χ1v) is 16.8. The van der Waals surface area contributed by atoms with E-state index in [4.69, 9.17) is 25.8 Å². The predicted molar refractivity (Wildman–Crippen MR) is 184 cm³/mol. The van der Waals surface area contributed by atoms with Crippen LogP contribution in [-0.2, 0) is 19.1 Å². The summed E-state index contributed by atoms with van der Waals surface area (Å²) in [6, 6.07) is 7.36. The number of carbonyl (C=O) groups is 4. The fourth-order valence-electron chi connectivity index (χ4n) is 5.79. The third-order valence-electron chi connectivity index (χ3n) is 8.43. The maximum atomic E-state index is 13.6. The van der Waals surface area contributed by atoms with Gasteiger partial charge in [-0.15, -0.1) is 0 Å². The molecule has 2 atom stereocenters. The van der Waals surface area contributed by atoms with Gasteiger partial charge in [-0.05, 0) is 72.1 Å². The minimum Gasteiger partial charge on any atom is -0.479 e. The fraction of sp³-hybridized carbons (Fsp3) is 0.543. The molecule has 0 N–H and O–H groups in total. The Morgan fingerprint density at radius 1 is 1.10 bits per heavy atom. The van der Waals surface area contributed by atoms with Crippen LogP contribution in [-0.4, -0.2) is 85.1 Å². The van der Waals surface area contributed by atoms with Gasteiger partial charge >= 0.3 is 11.7 Å². The highest BCUT2D eigenvalue weighted by molar-refractivity contribution is 6.34. The number of hydrogen-bond donors (Lipinski definition) is 0. The van der Waals surface area contributed by atoms with Crippen molar-refractivity contribution >= 4 is 46.5 Å². The Labute approximate surface area is 291 Å². The summed E-state index contributed by atoms with van der Waals surface area (Å²) in [6.45, 7) is 9.68. The molecule has 1 aliphatic heterocycles. The smallest absolute Gasteiger partial charge is 0.338 e. The van der Waals surface area contributed by atoms with Gasteiger partial charge in [0.25, 0.3) is 11.8 Å². The highest BCUT2D eigenvalue weighted by Gasteiger charge is 2.35. The van der Waals surface area contributed by atoms with Crippen LogP contribution in [0.25, 0.3) is 0 Å². The lowest BCUT2D eigenvalue weighted by Gasteiger charge is -2.38. The van der Waals surface area contributed by atoms with E-state index in [1.54, 1.807) is 31.1 Å². The standard InChI is InChI=1S/C23H33ClN2O4.C12H13NO6/c1-15(2)26(17-9-6-5-7-10-17)23(28)18-13-20-21(14-19(18)24)30-16(3)22(27)25(20)11-8-12-29-4;1-7(14)8(2)19-11-5-4-9(12(15)18-3)6-10(11)13(16)17/h13-17H,5-12H2,1-4H3;4-6,8H,1-3H3/t16-;/m1./s1. The molecule has 4 rings (SSSR count). The summed E-state index contributed by atoms with van der Waals surface area (Å²) in [5.41, 5.74) is 0.680. The van der Waals surface area contributed by atoms with E-state index in [0.717, 1.165) is 31.7 Å². The topological polar surface area (TPSA) is 155 Å². The molecule has 13 nitrogen and oxygen atoms in total. The van der Waals surface area contributed by atoms with E-state index in [1.165, 1.54) is 39.5 Å². The highest BCUT2D eigenvalue weighted by Crippen LogP contribution is 2.39. The van der Waals surface area contributed by atoms with E-state index < -0.39 is 28.8 Å². The quantitative estimate of drug-likeness (QED) is 0.105. The molecule has 2 aliphatic rings. The number of carbonyl (C=O) groups excluding carboxylic acids is 4. The summed E-state index contributed by atoms with van der Waals surface area (Å²) in [5.74, 6) is -0.671. The number of nitro groups is 1. The summed E-state index contributed by atoms with van der Waals surface area (Å²) in [5, 5.41) is 11.3. The van der Waals surface area contributed by atoms with Gasteiger partial charge in [-0.3, -0.25) is 24.5 Å². The van der Waals surface area contributed by atoms with Crippen LogP contribution in [0.1, 0.15) is 93.9 Å². The van der Waals surface area contributed by atoms with E-state index in [0.29, 0.717) is 41.6 Å². The van der Waals surface area contributed by atoms with Gasteiger partial charge in [0.2, 0.25) is 0 Å². The molecule has 2 aromatic carbocycles. The average Bonchev–Trinajstić information content (AvgIpc) is 3.06. The summed E-state index contributed by atoms with van der Waals surface area (Å²) >= 11 is 6.55. The van der Waals surface area contributed by atoms with Crippen molar-refractivity contribution in [3.63, 3.8) is 0 Å². The number of Topliss-reactive ketones (excluding diaryl/α,β-unsaturated/α-hetero) is 1. The number of halogens is 1. The zero-order valence-electron chi connectivity index (χ0n) is 29.2. The molecule has 0 spiro atoms. The Morgan fingerprint density at radius 2 is 1.78 bits per heavy atom. The molecule has 49 heavy (non-hydrogen) atoms. The van der Waals surface area contributed by atoms with Gasteiger partial charge in [0.15, 0.2) is 23.7 Å². The second-order valence-electron chi connectivity index (χ2n) is 12.3. The molecule has 0 bridgehead atoms. The Morgan fingerprint density at radius 3 is 2.35 bits per heavy atom. The van der Waals surface area contributed by atoms with Crippen molar-refractivity contribution in [3.8, 4) is 11.5 Å². The zero-order valence-corrected chi connectivity index (χ0v) is 29.9. The number of nitrogens with zero attached hydrogens (tertiary/aromatic N) is 3. The highest BCUT2D eigenvalue weighted by atomic mass is 35.5. The second-order valence-corrected chi connectivity index (χ2v) is 12.7. The van der Waals surface area contributed by atoms with Gasteiger partial charge in [0.1, 0.15) is 5.75 Å². The van der Waals surface area contributed by atoms with E-state index in [9.17, 15) is 29.3 Å². The summed E-state index contributed by atoms with van der Waals surface area (Å²) in [4.78, 5) is 62.6. The number of methoxy groups -OCH3 is 2. The number of nitro benzene ring substituents is 1. The average molecular weight is 704 g/mol. The van der Waals surface area contributed by atoms with Crippen LogP contribution >= 0.6 is 11.6 Å². The molecule has 14 heteroatoms. The minimum absolute atomic E-state index is 0.0389. The third kappa shape index (κ3) is 9.91. The maximum absolute atomic E-state index is 13.6. The lowest BCUT2D eigenvalue weighted by molar-refractivity contribution is -0.386. The van der Waals surface area contributed by atoms with Crippen LogP contribution in [0.5, 0.6) is 11.5 Å². The van der Waals surface area contributed by atoms with Crippen LogP contribution in [0, 0.1) is 10.1 Å². The summed E-state index contributed by atoms with van der Waals surface area (Å²) < 4.78 is 20.6. The largest absolute Gasteiger partial charge is 0.479 e. The van der Waals surface area contributed by atoms with Crippen molar-refractivity contribution in [2.75, 3.05) is 32.3 Å². The first-order chi connectivity index (χ1) is 23.2. The maximum Gasteiger partial charge on any atom is 0.338 e. The molecule has 1 unspecified atom stereocenters. The molecule has 1 aliphatic carbocycles. The normalized spacial score (nSPS) is 16.5. The van der Waals surface area contributed by atoms with E-state index in [1.807, 2.05) is 18.7 Å². The molecule has 1 saturated carbocycles. The van der Waals surface area contributed by atoms with Crippen molar-refractivity contribution in [3.05, 3.63) is 56.6 Å². The monoisotopic (exact) mass is 703 g/mol. The molecule has 0 saturated heterocycles. The molecular weight excluding hydrogens is 658 g/mol. The number of rotatable bonds is 12. The molecule has 1 heterocycles. The number of ether oxygens (including phenoxy) is 4. The lowest BCUT2D eigenvalue weighted by atomic mass is 9.92. The van der Waals surface area contributed by atoms with Crippen LogP contribution in [0.4, 0.5) is 11.4 Å². The molecule has 0 radical (unpaired) electrons. The minimum atomic E-state index is -0.803. The first kappa shape index (κ1) is 39.2. The fourth-order valence-corrected chi connectivity index (χ4v) is 6.02. The molecule has 268 valence electrons. The van der Waals surface area contributed by atoms with Gasteiger partial charge in [-0.1, -0.05) is 30.9 Å². The van der Waals surface area contributed by atoms with Crippen molar-refractivity contribution in [1.29, 1.82) is 0 Å². The SMILES string of the molecule is COC(=O)c1ccc(OC(C)C(C)=O)c([N+](=O)[O-])c1.COCCCN1C(=O)[C@@H](C)Oc2cc(Cl)c(C(=O)N(C(C)C)C3CCCCC3)cc21. The molecular formula is C35H46ClN3O10. The molecule has 0 aromatic heterocycles. The number of benzene rings is 2. The van der Waals surface area contributed by atoms with E-state index in [-0.39, 0.29) is 41.0 Å².